The van der Waals surface area contributed by atoms with Crippen molar-refractivity contribution >= 4 is 6.09 Å². The lowest BCUT2D eigenvalue weighted by atomic mass is 11.2. The van der Waals surface area contributed by atoms with Crippen LogP contribution in [0.4, 0.5) is 4.79 Å². The van der Waals surface area contributed by atoms with Crippen molar-refractivity contribution in [3.05, 3.63) is 12.8 Å². The highest BCUT2D eigenvalue weighted by molar-refractivity contribution is 5.62. The van der Waals surface area contributed by atoms with Gasteiger partial charge in [0.2, 0.25) is 0 Å². The van der Waals surface area contributed by atoms with Gasteiger partial charge in [0.05, 0.1) is 0 Å². The van der Waals surface area contributed by atoms with Gasteiger partial charge in [-0.1, -0.05) is 6.58 Å². The summed E-state index contributed by atoms with van der Waals surface area (Å²) in [6, 6.07) is 0. The normalized spacial score (nSPS) is 6.86. The van der Waals surface area contributed by atoms with Crippen molar-refractivity contribution in [1.29, 1.82) is 0 Å². The van der Waals surface area contributed by atoms with E-state index in [4.69, 9.17) is 5.11 Å². The molecular weight excluding hydrogens is 98.0 g/mol. The molecule has 0 atom stereocenters. The lowest BCUT2D eigenvalue weighted by Gasteiger charge is -1.92. The summed E-state index contributed by atoms with van der Waals surface area (Å²) in [5.41, 5.74) is 1.59. The number of hydroxylamine groups is 1. The minimum absolute atomic E-state index is 0.980. The average molecular weight is 103 g/mol. The summed E-state index contributed by atoms with van der Waals surface area (Å²) in [6.07, 6.45) is -0.256. The fraction of sp³-hybridized carbons (Fsp3) is 0. The lowest BCUT2D eigenvalue weighted by molar-refractivity contribution is 0.107. The molecule has 0 aromatic rings. The second-order valence-corrected chi connectivity index (χ2v) is 0.692. The summed E-state index contributed by atoms with van der Waals surface area (Å²) in [5, 5.41) is 7.76. The van der Waals surface area contributed by atoms with Gasteiger partial charge in [-0.25, -0.2) is 4.79 Å². The Kier molecular flexibility index (Phi) is 2.50. The Labute approximate surface area is 40.4 Å². The molecule has 0 fully saturated rings. The number of carbonyl (C=O) groups is 1. The summed E-state index contributed by atoms with van der Waals surface area (Å²) in [4.78, 5) is 13.5. The van der Waals surface area contributed by atoms with E-state index in [-0.39, 0.29) is 0 Å². The van der Waals surface area contributed by atoms with Gasteiger partial charge in [0.1, 0.15) is 6.26 Å². The zero-order valence-electron chi connectivity index (χ0n) is 3.55. The Morgan fingerprint density at radius 3 is 2.71 bits per heavy atom. The first-order valence-corrected chi connectivity index (χ1v) is 1.53. The first-order chi connectivity index (χ1) is 3.27. The standard InChI is InChI=1S/C3H5NO3/c1-2-7-4-3(5)6/h2,4H,1H2,(H,5,6). The van der Waals surface area contributed by atoms with Crippen LogP contribution >= 0.6 is 0 Å². The molecule has 0 spiro atoms. The molecule has 0 bridgehead atoms. The van der Waals surface area contributed by atoms with Gasteiger partial charge >= 0.3 is 6.09 Å². The molecule has 0 aliphatic carbocycles. The van der Waals surface area contributed by atoms with E-state index in [1.807, 2.05) is 0 Å². The maximum Gasteiger partial charge on any atom is 0.438 e. The SMILES string of the molecule is C=CONC(=O)O. The van der Waals surface area contributed by atoms with Gasteiger partial charge in [-0.05, 0) is 0 Å². The maximum absolute atomic E-state index is 9.47. The van der Waals surface area contributed by atoms with E-state index in [0.29, 0.717) is 0 Å². The van der Waals surface area contributed by atoms with E-state index in [9.17, 15) is 4.79 Å². The molecule has 0 unspecified atom stereocenters. The molecule has 0 rings (SSSR count). The molecule has 0 aromatic heterocycles. The molecule has 1 amide bonds. The van der Waals surface area contributed by atoms with Crippen LogP contribution in [0.15, 0.2) is 12.8 Å². The van der Waals surface area contributed by atoms with Crippen LogP contribution in [0, 0.1) is 0 Å². The van der Waals surface area contributed by atoms with E-state index in [1.54, 1.807) is 5.48 Å². The van der Waals surface area contributed by atoms with E-state index in [1.165, 1.54) is 0 Å². The van der Waals surface area contributed by atoms with Gasteiger partial charge in [0, 0.05) is 0 Å². The Hall–Kier alpha value is -1.19. The van der Waals surface area contributed by atoms with Crippen LogP contribution in [0.3, 0.4) is 0 Å². The average Bonchev–Trinajstić information content (AvgIpc) is 1.61. The fourth-order valence-corrected chi connectivity index (χ4v) is 0.0921. The number of carboxylic acid groups (broad SMARTS) is 1. The van der Waals surface area contributed by atoms with Gasteiger partial charge in [0.25, 0.3) is 0 Å². The van der Waals surface area contributed by atoms with Crippen LogP contribution in [0.5, 0.6) is 0 Å². The Balaban J connectivity index is 2.97. The lowest BCUT2D eigenvalue weighted by Crippen LogP contribution is -2.17. The largest absolute Gasteiger partial charge is 0.463 e. The number of hydrogen-bond acceptors (Lipinski definition) is 2. The third kappa shape index (κ3) is 4.81. The molecule has 0 heterocycles. The van der Waals surface area contributed by atoms with Crippen molar-refractivity contribution in [2.45, 2.75) is 0 Å². The number of hydrogen-bond donors (Lipinski definition) is 2. The second-order valence-electron chi connectivity index (χ2n) is 0.692. The second kappa shape index (κ2) is 3.02. The molecule has 0 aliphatic heterocycles. The predicted octanol–water partition coefficient (Wildman–Crippen LogP) is 0.329. The van der Waals surface area contributed by atoms with E-state index < -0.39 is 6.09 Å². The summed E-state index contributed by atoms with van der Waals surface area (Å²) in [6.45, 7) is 3.08. The van der Waals surface area contributed by atoms with Crippen molar-refractivity contribution in [3.63, 3.8) is 0 Å². The monoisotopic (exact) mass is 103 g/mol. The van der Waals surface area contributed by atoms with Crippen LogP contribution in [0.25, 0.3) is 0 Å². The number of amides is 1. The Morgan fingerprint density at radius 1 is 2.00 bits per heavy atom. The van der Waals surface area contributed by atoms with Crippen LogP contribution in [-0.4, -0.2) is 11.2 Å². The molecule has 40 valence electrons. The molecule has 0 saturated carbocycles. The minimum atomic E-state index is -1.24. The Bertz CT molecular complexity index is 80.2. The van der Waals surface area contributed by atoms with Gasteiger partial charge in [-0.2, -0.15) is 5.48 Å². The highest BCUT2D eigenvalue weighted by Gasteiger charge is 1.85. The fourth-order valence-electron chi connectivity index (χ4n) is 0.0921. The van der Waals surface area contributed by atoms with Crippen molar-refractivity contribution in [3.8, 4) is 0 Å². The zero-order chi connectivity index (χ0) is 5.70. The molecule has 0 radical (unpaired) electrons. The summed E-state index contributed by atoms with van der Waals surface area (Å²) in [5.74, 6) is 0. The smallest absolute Gasteiger partial charge is 0.438 e. The zero-order valence-corrected chi connectivity index (χ0v) is 3.55. The van der Waals surface area contributed by atoms with Gasteiger partial charge < -0.3 is 9.94 Å². The molecule has 4 nitrogen and oxygen atoms in total. The van der Waals surface area contributed by atoms with Crippen molar-refractivity contribution in [2.75, 3.05) is 0 Å². The number of rotatable bonds is 2. The minimum Gasteiger partial charge on any atom is -0.463 e. The Morgan fingerprint density at radius 2 is 2.57 bits per heavy atom. The molecular formula is C3H5NO3. The highest BCUT2D eigenvalue weighted by Crippen LogP contribution is 1.62. The topological polar surface area (TPSA) is 58.6 Å². The van der Waals surface area contributed by atoms with Crippen LogP contribution in [-0.2, 0) is 4.84 Å². The third-order valence-corrected chi connectivity index (χ3v) is 0.230. The van der Waals surface area contributed by atoms with E-state index >= 15 is 0 Å². The van der Waals surface area contributed by atoms with Crippen molar-refractivity contribution in [2.24, 2.45) is 0 Å². The molecule has 0 aromatic carbocycles. The van der Waals surface area contributed by atoms with Gasteiger partial charge in [-0.15, -0.1) is 0 Å². The quantitative estimate of drug-likeness (QED) is 0.391. The van der Waals surface area contributed by atoms with Crippen LogP contribution in [0.2, 0.25) is 0 Å². The van der Waals surface area contributed by atoms with Gasteiger partial charge in [-0.3, -0.25) is 0 Å². The van der Waals surface area contributed by atoms with Gasteiger partial charge in [0.15, 0.2) is 0 Å². The summed E-state index contributed by atoms with van der Waals surface area (Å²) >= 11 is 0. The summed E-state index contributed by atoms with van der Waals surface area (Å²) < 4.78 is 0. The maximum atomic E-state index is 9.47. The molecule has 0 aliphatic rings. The molecule has 7 heavy (non-hydrogen) atoms. The van der Waals surface area contributed by atoms with E-state index in [2.05, 4.69) is 11.4 Å². The third-order valence-electron chi connectivity index (χ3n) is 0.230. The highest BCUT2D eigenvalue weighted by atomic mass is 16.7. The molecule has 2 N–H and O–H groups in total. The predicted molar refractivity (Wildman–Crippen MR) is 22.4 cm³/mol. The summed E-state index contributed by atoms with van der Waals surface area (Å²) in [7, 11) is 0. The molecule has 4 heteroatoms. The van der Waals surface area contributed by atoms with Crippen LogP contribution in [0.1, 0.15) is 0 Å². The van der Waals surface area contributed by atoms with Crippen LogP contribution < -0.4 is 5.48 Å². The first kappa shape index (κ1) is 5.81. The first-order valence-electron chi connectivity index (χ1n) is 1.53. The van der Waals surface area contributed by atoms with Crippen molar-refractivity contribution < 1.29 is 14.7 Å². The number of nitrogens with one attached hydrogen (secondary N) is 1. The van der Waals surface area contributed by atoms with Crippen molar-refractivity contribution in [1.82, 2.24) is 5.48 Å². The molecule has 0 saturated heterocycles. The van der Waals surface area contributed by atoms with E-state index in [0.717, 1.165) is 6.26 Å².